The van der Waals surface area contributed by atoms with E-state index in [0.29, 0.717) is 11.7 Å². The van der Waals surface area contributed by atoms with E-state index >= 15 is 0 Å². The predicted molar refractivity (Wildman–Crippen MR) is 84.7 cm³/mol. The predicted octanol–water partition coefficient (Wildman–Crippen LogP) is 0.109. The number of piperazine rings is 1. The summed E-state index contributed by atoms with van der Waals surface area (Å²) in [4.78, 5) is 31.9. The lowest BCUT2D eigenvalue weighted by Crippen LogP contribution is -2.51. The molecule has 7 nitrogen and oxygen atoms in total. The van der Waals surface area contributed by atoms with E-state index in [1.165, 1.54) is 16.8 Å². The Hall–Kier alpha value is -2.41. The van der Waals surface area contributed by atoms with E-state index in [1.54, 1.807) is 6.20 Å². The fourth-order valence-corrected chi connectivity index (χ4v) is 2.74. The molecule has 0 aliphatic carbocycles. The first kappa shape index (κ1) is 14.5. The molecule has 2 aromatic rings. The number of hydrogen-bond donors (Lipinski definition) is 2. The average molecular weight is 301 g/mol. The van der Waals surface area contributed by atoms with Gasteiger partial charge in [-0.15, -0.1) is 0 Å². The highest BCUT2D eigenvalue weighted by Crippen LogP contribution is 2.18. The number of rotatable bonds is 3. The molecule has 0 bridgehead atoms. The third kappa shape index (κ3) is 2.80. The topological polar surface area (TPSA) is 83.0 Å². The van der Waals surface area contributed by atoms with Crippen LogP contribution in [0.2, 0.25) is 0 Å². The van der Waals surface area contributed by atoms with Crippen LogP contribution in [-0.2, 0) is 0 Å². The maximum absolute atomic E-state index is 11.8. The molecule has 3 rings (SSSR count). The van der Waals surface area contributed by atoms with E-state index in [0.717, 1.165) is 31.9 Å². The van der Waals surface area contributed by atoms with Gasteiger partial charge in [-0.05, 0) is 18.6 Å². The van der Waals surface area contributed by atoms with Crippen LogP contribution in [0.5, 0.6) is 0 Å². The Labute approximate surface area is 127 Å². The summed E-state index contributed by atoms with van der Waals surface area (Å²) >= 11 is 0. The van der Waals surface area contributed by atoms with Crippen LogP contribution in [0.15, 0.2) is 40.2 Å². The highest BCUT2D eigenvalue weighted by atomic mass is 16.2. The SMILES string of the molecule is CCC1CNCCN1c1ccc(-n2ccc(=O)[nH]c2=O)cn1. The first-order valence-electron chi connectivity index (χ1n) is 7.45. The molecule has 0 aromatic carbocycles. The Bertz CT molecular complexity index is 750. The zero-order valence-electron chi connectivity index (χ0n) is 12.5. The second-order valence-electron chi connectivity index (χ2n) is 5.31. The highest BCUT2D eigenvalue weighted by Gasteiger charge is 2.21. The van der Waals surface area contributed by atoms with Gasteiger partial charge in [-0.2, -0.15) is 0 Å². The average Bonchev–Trinajstić information content (AvgIpc) is 2.55. The van der Waals surface area contributed by atoms with Gasteiger partial charge in [0.25, 0.3) is 5.56 Å². The van der Waals surface area contributed by atoms with Gasteiger partial charge in [0.15, 0.2) is 0 Å². The summed E-state index contributed by atoms with van der Waals surface area (Å²) in [5, 5.41) is 3.39. The van der Waals surface area contributed by atoms with Crippen LogP contribution < -0.4 is 21.5 Å². The Morgan fingerprint density at radius 1 is 1.32 bits per heavy atom. The van der Waals surface area contributed by atoms with Crippen LogP contribution in [0.1, 0.15) is 13.3 Å². The Balaban J connectivity index is 1.89. The van der Waals surface area contributed by atoms with Crippen LogP contribution in [0, 0.1) is 0 Å². The molecule has 3 heterocycles. The maximum Gasteiger partial charge on any atom is 0.332 e. The molecule has 0 amide bonds. The van der Waals surface area contributed by atoms with Crippen molar-refractivity contribution in [2.45, 2.75) is 19.4 Å². The number of nitrogens with one attached hydrogen (secondary N) is 2. The summed E-state index contributed by atoms with van der Waals surface area (Å²) in [6, 6.07) is 5.51. The Kier molecular flexibility index (Phi) is 4.06. The third-order valence-electron chi connectivity index (χ3n) is 3.95. The number of nitrogens with zero attached hydrogens (tertiary/aromatic N) is 3. The molecule has 1 aliphatic rings. The molecule has 1 saturated heterocycles. The molecule has 116 valence electrons. The quantitative estimate of drug-likeness (QED) is 0.841. The van der Waals surface area contributed by atoms with E-state index in [1.807, 2.05) is 12.1 Å². The molecule has 2 aromatic heterocycles. The van der Waals surface area contributed by atoms with Gasteiger partial charge < -0.3 is 10.2 Å². The van der Waals surface area contributed by atoms with E-state index in [2.05, 4.69) is 27.1 Å². The standard InChI is InChI=1S/C15H19N5O2/c1-2-11-9-16-6-8-19(11)13-4-3-12(10-17-13)20-7-5-14(21)18-15(20)22/h3-5,7,10-11,16H,2,6,8-9H2,1H3,(H,18,21,22). The van der Waals surface area contributed by atoms with Gasteiger partial charge in [0.1, 0.15) is 5.82 Å². The lowest BCUT2D eigenvalue weighted by Gasteiger charge is -2.36. The van der Waals surface area contributed by atoms with Gasteiger partial charge >= 0.3 is 5.69 Å². The molecule has 0 radical (unpaired) electrons. The van der Waals surface area contributed by atoms with Gasteiger partial charge in [0.2, 0.25) is 0 Å². The summed E-state index contributed by atoms with van der Waals surface area (Å²) in [7, 11) is 0. The molecule has 1 atom stereocenters. The smallest absolute Gasteiger partial charge is 0.332 e. The number of hydrogen-bond acceptors (Lipinski definition) is 5. The largest absolute Gasteiger partial charge is 0.351 e. The number of anilines is 1. The number of pyridine rings is 1. The Morgan fingerprint density at radius 2 is 2.18 bits per heavy atom. The fraction of sp³-hybridized carbons (Fsp3) is 0.400. The van der Waals surface area contributed by atoms with Gasteiger partial charge in [0.05, 0.1) is 11.9 Å². The molecule has 7 heteroatoms. The third-order valence-corrected chi connectivity index (χ3v) is 3.95. The monoisotopic (exact) mass is 301 g/mol. The summed E-state index contributed by atoms with van der Waals surface area (Å²) in [5.41, 5.74) is -0.235. The van der Waals surface area contributed by atoms with Crippen molar-refractivity contribution in [3.63, 3.8) is 0 Å². The van der Waals surface area contributed by atoms with E-state index in [9.17, 15) is 9.59 Å². The second-order valence-corrected chi connectivity index (χ2v) is 5.31. The number of H-pyrrole nitrogens is 1. The molecule has 2 N–H and O–H groups in total. The van der Waals surface area contributed by atoms with Crippen molar-refractivity contribution in [2.75, 3.05) is 24.5 Å². The molecular weight excluding hydrogens is 282 g/mol. The van der Waals surface area contributed by atoms with Crippen molar-refractivity contribution < 1.29 is 0 Å². The first-order valence-corrected chi connectivity index (χ1v) is 7.45. The van der Waals surface area contributed by atoms with Crippen LogP contribution in [0.3, 0.4) is 0 Å². The molecule has 1 fully saturated rings. The van der Waals surface area contributed by atoms with Crippen molar-refractivity contribution in [3.8, 4) is 5.69 Å². The second kappa shape index (κ2) is 6.15. The van der Waals surface area contributed by atoms with Crippen molar-refractivity contribution in [2.24, 2.45) is 0 Å². The van der Waals surface area contributed by atoms with Crippen molar-refractivity contribution >= 4 is 5.82 Å². The molecular formula is C15H19N5O2. The Morgan fingerprint density at radius 3 is 2.86 bits per heavy atom. The van der Waals surface area contributed by atoms with E-state index in [4.69, 9.17) is 0 Å². The summed E-state index contributed by atoms with van der Waals surface area (Å²) in [6.45, 7) is 4.99. The van der Waals surface area contributed by atoms with Crippen LogP contribution in [0.25, 0.3) is 5.69 Å². The fourth-order valence-electron chi connectivity index (χ4n) is 2.74. The molecule has 1 unspecified atom stereocenters. The molecule has 1 aliphatic heterocycles. The van der Waals surface area contributed by atoms with Gasteiger partial charge in [-0.25, -0.2) is 9.78 Å². The summed E-state index contributed by atoms with van der Waals surface area (Å²) in [5.74, 6) is 0.912. The van der Waals surface area contributed by atoms with Gasteiger partial charge in [0, 0.05) is 37.9 Å². The minimum atomic E-state index is -0.462. The van der Waals surface area contributed by atoms with Crippen molar-refractivity contribution in [1.29, 1.82) is 0 Å². The lowest BCUT2D eigenvalue weighted by atomic mass is 10.1. The maximum atomic E-state index is 11.8. The minimum Gasteiger partial charge on any atom is -0.351 e. The van der Waals surface area contributed by atoms with Crippen LogP contribution in [0.4, 0.5) is 5.82 Å². The van der Waals surface area contributed by atoms with E-state index < -0.39 is 11.2 Å². The highest BCUT2D eigenvalue weighted by molar-refractivity contribution is 5.44. The molecule has 0 spiro atoms. The van der Waals surface area contributed by atoms with Crippen LogP contribution >= 0.6 is 0 Å². The lowest BCUT2D eigenvalue weighted by molar-refractivity contribution is 0.463. The van der Waals surface area contributed by atoms with Crippen molar-refractivity contribution in [3.05, 3.63) is 51.4 Å². The van der Waals surface area contributed by atoms with Gasteiger partial charge in [-0.3, -0.25) is 14.3 Å². The van der Waals surface area contributed by atoms with Crippen molar-refractivity contribution in [1.82, 2.24) is 19.9 Å². The zero-order chi connectivity index (χ0) is 15.5. The first-order chi connectivity index (χ1) is 10.7. The van der Waals surface area contributed by atoms with Gasteiger partial charge in [-0.1, -0.05) is 6.92 Å². The zero-order valence-corrected chi connectivity index (χ0v) is 12.5. The molecule has 0 saturated carbocycles. The number of aromatic nitrogens is 3. The van der Waals surface area contributed by atoms with E-state index in [-0.39, 0.29) is 0 Å². The summed E-state index contributed by atoms with van der Waals surface area (Å²) < 4.78 is 1.37. The van der Waals surface area contributed by atoms with Crippen LogP contribution in [-0.4, -0.2) is 40.2 Å². The number of aromatic amines is 1. The minimum absolute atomic E-state index is 0.405. The molecule has 22 heavy (non-hydrogen) atoms. The summed E-state index contributed by atoms with van der Waals surface area (Å²) in [6.07, 6.45) is 4.16. The normalized spacial score (nSPS) is 18.4.